The number of ether oxygens (including phenoxy) is 1. The summed E-state index contributed by atoms with van der Waals surface area (Å²) < 4.78 is 5.38. The summed E-state index contributed by atoms with van der Waals surface area (Å²) in [4.78, 5) is 34.8. The largest absolute Gasteiger partial charge is 0.371 e. The predicted octanol–water partition coefficient (Wildman–Crippen LogP) is 4.11. The van der Waals surface area contributed by atoms with Gasteiger partial charge in [0.1, 0.15) is 5.60 Å². The molecule has 0 aromatic heterocycles. The Morgan fingerprint density at radius 1 is 1.17 bits per heavy atom. The molecule has 0 aliphatic carbocycles. The van der Waals surface area contributed by atoms with Gasteiger partial charge in [-0.05, 0) is 25.5 Å². The van der Waals surface area contributed by atoms with Crippen LogP contribution >= 0.6 is 0 Å². The third kappa shape index (κ3) is 5.53. The molecule has 6 nitrogen and oxygen atoms in total. The van der Waals surface area contributed by atoms with Gasteiger partial charge in [-0.25, -0.2) is 0 Å². The zero-order valence-electron chi connectivity index (χ0n) is 14.5. The first-order valence-corrected chi connectivity index (χ1v) is 8.20. The van der Waals surface area contributed by atoms with E-state index >= 15 is 0 Å². The molecule has 1 atom stereocenters. The molecule has 0 amide bonds. The molecule has 24 heavy (non-hydrogen) atoms. The molecular weight excluding hydrogens is 310 g/mol. The quantitative estimate of drug-likeness (QED) is 0.200. The van der Waals surface area contributed by atoms with Crippen molar-refractivity contribution in [3.8, 4) is 0 Å². The van der Waals surface area contributed by atoms with Gasteiger partial charge in [0.2, 0.25) is 0 Å². The summed E-state index contributed by atoms with van der Waals surface area (Å²) in [5.74, 6) is -0.614. The number of benzene rings is 1. The van der Waals surface area contributed by atoms with Crippen LogP contribution in [0, 0.1) is 10.1 Å². The van der Waals surface area contributed by atoms with Crippen LogP contribution in [0.5, 0.6) is 0 Å². The molecule has 0 spiro atoms. The van der Waals surface area contributed by atoms with E-state index in [1.54, 1.807) is 6.92 Å². The molecule has 0 saturated carbocycles. The first-order chi connectivity index (χ1) is 11.3. The molecule has 1 rings (SSSR count). The maximum Gasteiger partial charge on any atom is 0.269 e. The zero-order valence-corrected chi connectivity index (χ0v) is 14.5. The Labute approximate surface area is 142 Å². The maximum absolute atomic E-state index is 12.5. The number of methoxy groups -OCH3 is 1. The van der Waals surface area contributed by atoms with Crippen molar-refractivity contribution in [2.24, 2.45) is 0 Å². The van der Waals surface area contributed by atoms with Gasteiger partial charge in [0.05, 0.1) is 11.3 Å². The second kappa shape index (κ2) is 9.27. The number of carbonyl (C=O) groups excluding carboxylic acids is 2. The fourth-order valence-corrected chi connectivity index (χ4v) is 2.45. The second-order valence-electron chi connectivity index (χ2n) is 6.07. The van der Waals surface area contributed by atoms with Crippen molar-refractivity contribution < 1.29 is 19.2 Å². The minimum Gasteiger partial charge on any atom is -0.371 e. The number of unbranched alkanes of at least 4 members (excludes halogenated alkanes) is 3. The average molecular weight is 335 g/mol. The fourth-order valence-electron chi connectivity index (χ4n) is 2.45. The highest BCUT2D eigenvalue weighted by Gasteiger charge is 2.33. The standard InChI is InChI=1S/C18H25NO5/c1-4-5-6-7-12-18(2,24-3)17(21)13-16(20)14-8-10-15(11-9-14)19(22)23/h8-11H,4-7,12-13H2,1-3H3. The zero-order chi connectivity index (χ0) is 18.2. The summed E-state index contributed by atoms with van der Waals surface area (Å²) in [6.45, 7) is 3.83. The summed E-state index contributed by atoms with van der Waals surface area (Å²) in [6.07, 6.45) is 4.42. The minimum absolute atomic E-state index is 0.0875. The van der Waals surface area contributed by atoms with Crippen molar-refractivity contribution in [2.45, 2.75) is 58.0 Å². The molecule has 6 heteroatoms. The van der Waals surface area contributed by atoms with Gasteiger partial charge in [-0.3, -0.25) is 19.7 Å². The lowest BCUT2D eigenvalue weighted by Crippen LogP contribution is -2.38. The first-order valence-electron chi connectivity index (χ1n) is 8.20. The number of nitro groups is 1. The van der Waals surface area contributed by atoms with E-state index in [0.717, 1.165) is 25.7 Å². The number of carbonyl (C=O) groups is 2. The van der Waals surface area contributed by atoms with Gasteiger partial charge in [-0.1, -0.05) is 32.6 Å². The molecule has 0 fully saturated rings. The Hall–Kier alpha value is -2.08. The summed E-state index contributed by atoms with van der Waals surface area (Å²) >= 11 is 0. The van der Waals surface area contributed by atoms with Crippen LogP contribution in [-0.4, -0.2) is 29.2 Å². The van der Waals surface area contributed by atoms with Gasteiger partial charge in [0, 0.05) is 24.8 Å². The van der Waals surface area contributed by atoms with Gasteiger partial charge >= 0.3 is 0 Å². The maximum atomic E-state index is 12.5. The van der Waals surface area contributed by atoms with Crippen LogP contribution in [-0.2, 0) is 9.53 Å². The number of hydrogen-bond donors (Lipinski definition) is 0. The predicted molar refractivity (Wildman–Crippen MR) is 91.2 cm³/mol. The van der Waals surface area contributed by atoms with Crippen molar-refractivity contribution in [3.05, 3.63) is 39.9 Å². The average Bonchev–Trinajstić information content (AvgIpc) is 2.58. The normalized spacial score (nSPS) is 13.3. The second-order valence-corrected chi connectivity index (χ2v) is 6.07. The number of hydrogen-bond acceptors (Lipinski definition) is 5. The number of Topliss-reactive ketones (excluding diaryl/α,β-unsaturated/α-hetero) is 2. The van der Waals surface area contributed by atoms with E-state index in [0.29, 0.717) is 12.0 Å². The summed E-state index contributed by atoms with van der Waals surface area (Å²) in [5.41, 5.74) is -0.765. The van der Waals surface area contributed by atoms with E-state index < -0.39 is 10.5 Å². The molecule has 0 aliphatic rings. The van der Waals surface area contributed by atoms with Crippen LogP contribution in [0.4, 0.5) is 5.69 Å². The lowest BCUT2D eigenvalue weighted by atomic mass is 9.89. The van der Waals surface area contributed by atoms with Crippen LogP contribution in [0.3, 0.4) is 0 Å². The number of nitrogens with zero attached hydrogens (tertiary/aromatic N) is 1. The molecular formula is C18H25NO5. The summed E-state index contributed by atoms with van der Waals surface area (Å²) in [7, 11) is 1.48. The van der Waals surface area contributed by atoms with E-state index in [1.165, 1.54) is 31.4 Å². The Kier molecular flexibility index (Phi) is 7.71. The number of rotatable bonds is 11. The molecule has 1 unspecified atom stereocenters. The molecule has 132 valence electrons. The molecule has 0 bridgehead atoms. The van der Waals surface area contributed by atoms with E-state index in [1.807, 2.05) is 0 Å². The highest BCUT2D eigenvalue weighted by molar-refractivity contribution is 6.10. The minimum atomic E-state index is -0.968. The summed E-state index contributed by atoms with van der Waals surface area (Å²) in [6, 6.07) is 5.27. The Balaban J connectivity index is 2.69. The van der Waals surface area contributed by atoms with Gasteiger partial charge in [-0.15, -0.1) is 0 Å². The van der Waals surface area contributed by atoms with E-state index in [9.17, 15) is 19.7 Å². The molecule has 1 aromatic rings. The van der Waals surface area contributed by atoms with Gasteiger partial charge in [-0.2, -0.15) is 0 Å². The van der Waals surface area contributed by atoms with Crippen molar-refractivity contribution in [2.75, 3.05) is 7.11 Å². The Morgan fingerprint density at radius 3 is 2.29 bits per heavy atom. The number of non-ortho nitro benzene ring substituents is 1. The van der Waals surface area contributed by atoms with E-state index in [-0.39, 0.29) is 23.7 Å². The van der Waals surface area contributed by atoms with Crippen molar-refractivity contribution in [3.63, 3.8) is 0 Å². The summed E-state index contributed by atoms with van der Waals surface area (Å²) in [5, 5.41) is 10.6. The molecule has 0 aliphatic heterocycles. The molecule has 0 saturated heterocycles. The Morgan fingerprint density at radius 2 is 1.79 bits per heavy atom. The van der Waals surface area contributed by atoms with Gasteiger partial charge in [0.15, 0.2) is 11.6 Å². The van der Waals surface area contributed by atoms with Crippen LogP contribution in [0.15, 0.2) is 24.3 Å². The van der Waals surface area contributed by atoms with Crippen molar-refractivity contribution in [1.29, 1.82) is 0 Å². The SMILES string of the molecule is CCCCCCC(C)(OC)C(=O)CC(=O)c1ccc([N+](=O)[O-])cc1. The molecule has 0 heterocycles. The number of nitro benzene ring substituents is 1. The van der Waals surface area contributed by atoms with Crippen LogP contribution in [0.2, 0.25) is 0 Å². The topological polar surface area (TPSA) is 86.5 Å². The van der Waals surface area contributed by atoms with Gasteiger partial charge in [0.25, 0.3) is 5.69 Å². The highest BCUT2D eigenvalue weighted by Crippen LogP contribution is 2.23. The fraction of sp³-hybridized carbons (Fsp3) is 0.556. The van der Waals surface area contributed by atoms with Crippen molar-refractivity contribution in [1.82, 2.24) is 0 Å². The van der Waals surface area contributed by atoms with Gasteiger partial charge < -0.3 is 4.74 Å². The van der Waals surface area contributed by atoms with Crippen LogP contribution in [0.1, 0.15) is 62.7 Å². The van der Waals surface area contributed by atoms with E-state index in [4.69, 9.17) is 4.74 Å². The van der Waals surface area contributed by atoms with Crippen molar-refractivity contribution >= 4 is 17.3 Å². The first kappa shape index (κ1) is 20.0. The van der Waals surface area contributed by atoms with Crippen LogP contribution in [0.25, 0.3) is 0 Å². The lowest BCUT2D eigenvalue weighted by Gasteiger charge is -2.26. The number of ketones is 2. The monoisotopic (exact) mass is 335 g/mol. The van der Waals surface area contributed by atoms with Crippen LogP contribution < -0.4 is 0 Å². The smallest absolute Gasteiger partial charge is 0.269 e. The lowest BCUT2D eigenvalue weighted by molar-refractivity contribution is -0.384. The molecule has 0 radical (unpaired) electrons. The molecule has 0 N–H and O–H groups in total. The van der Waals surface area contributed by atoms with E-state index in [2.05, 4.69) is 6.92 Å². The third-order valence-corrected chi connectivity index (χ3v) is 4.27. The third-order valence-electron chi connectivity index (χ3n) is 4.27. The molecule has 1 aromatic carbocycles. The Bertz CT molecular complexity index is 582. The highest BCUT2D eigenvalue weighted by atomic mass is 16.6.